The molecule has 1 amide bonds. The van der Waals surface area contributed by atoms with Crippen molar-refractivity contribution in [3.05, 3.63) is 72.1 Å². The Morgan fingerprint density at radius 1 is 1.17 bits per heavy atom. The van der Waals surface area contributed by atoms with Gasteiger partial charge in [-0.3, -0.25) is 4.79 Å². The summed E-state index contributed by atoms with van der Waals surface area (Å²) in [4.78, 5) is 13.0. The van der Waals surface area contributed by atoms with Crippen molar-refractivity contribution in [3.8, 4) is 5.69 Å². The second kappa shape index (κ2) is 8.73. The predicted octanol–water partition coefficient (Wildman–Crippen LogP) is 6.03. The van der Waals surface area contributed by atoms with Gasteiger partial charge in [0.1, 0.15) is 0 Å². The lowest BCUT2D eigenvalue weighted by Crippen LogP contribution is -2.17. The molecule has 1 aromatic heterocycles. The molecule has 0 radical (unpaired) electrons. The van der Waals surface area contributed by atoms with Crippen LogP contribution in [0.5, 0.6) is 0 Å². The molecule has 0 aliphatic carbocycles. The molecule has 3 rings (SSSR count). The van der Waals surface area contributed by atoms with Crippen molar-refractivity contribution in [3.63, 3.8) is 0 Å². The number of thioether (sulfide) groups is 1. The van der Waals surface area contributed by atoms with E-state index >= 15 is 0 Å². The third kappa shape index (κ3) is 5.20. The predicted molar refractivity (Wildman–Crippen MR) is 109 cm³/mol. The van der Waals surface area contributed by atoms with Gasteiger partial charge >= 0.3 is 6.18 Å². The van der Waals surface area contributed by atoms with Crippen LogP contribution < -0.4 is 5.32 Å². The number of para-hydroxylation sites is 1. The number of halogens is 3. The summed E-state index contributed by atoms with van der Waals surface area (Å²) >= 11 is 1.37. The van der Waals surface area contributed by atoms with Gasteiger partial charge in [-0.25, -0.2) is 4.68 Å². The molecule has 3 aromatic rings. The van der Waals surface area contributed by atoms with Crippen molar-refractivity contribution in [2.45, 2.75) is 36.6 Å². The summed E-state index contributed by atoms with van der Waals surface area (Å²) in [5.41, 5.74) is -0.388. The fraction of sp³-hybridized carbons (Fsp3) is 0.238. The minimum absolute atomic E-state index is 0.0278. The number of alkyl halides is 3. The average Bonchev–Trinajstić information content (AvgIpc) is 3.19. The Kier molecular flexibility index (Phi) is 6.32. The molecule has 1 N–H and O–H groups in total. The van der Waals surface area contributed by atoms with Gasteiger partial charge in [-0.1, -0.05) is 32.0 Å². The van der Waals surface area contributed by atoms with Gasteiger partial charge in [0.25, 0.3) is 5.91 Å². The first-order valence-electron chi connectivity index (χ1n) is 9.08. The van der Waals surface area contributed by atoms with Crippen LogP contribution in [0.2, 0.25) is 0 Å². The van der Waals surface area contributed by atoms with Gasteiger partial charge < -0.3 is 5.32 Å². The van der Waals surface area contributed by atoms with Crippen molar-refractivity contribution in [2.24, 2.45) is 0 Å². The van der Waals surface area contributed by atoms with Gasteiger partial charge in [-0.2, -0.15) is 18.3 Å². The third-order valence-electron chi connectivity index (χ3n) is 4.30. The number of hydrogen-bond acceptors (Lipinski definition) is 3. The second-order valence-corrected chi connectivity index (χ2v) is 7.99. The molecule has 29 heavy (non-hydrogen) atoms. The molecule has 2 aromatic carbocycles. The summed E-state index contributed by atoms with van der Waals surface area (Å²) in [6.07, 6.45) is -2.16. The Bertz CT molecular complexity index is 986. The van der Waals surface area contributed by atoms with E-state index in [9.17, 15) is 18.0 Å². The molecule has 0 unspecified atom stereocenters. The summed E-state index contributed by atoms with van der Waals surface area (Å²) in [6.45, 7) is 3.93. The second-order valence-electron chi connectivity index (χ2n) is 6.48. The molecule has 4 nitrogen and oxygen atoms in total. The molecular formula is C21H20F3N3OS. The van der Waals surface area contributed by atoms with Crippen LogP contribution in [0.4, 0.5) is 18.9 Å². The third-order valence-corrected chi connectivity index (χ3v) is 5.56. The summed E-state index contributed by atoms with van der Waals surface area (Å²) in [6, 6.07) is 14.5. The maximum absolute atomic E-state index is 13.5. The Labute approximate surface area is 171 Å². The normalized spacial score (nSPS) is 12.6. The fourth-order valence-electron chi connectivity index (χ4n) is 2.61. The van der Waals surface area contributed by atoms with E-state index < -0.39 is 17.6 Å². The van der Waals surface area contributed by atoms with Crippen molar-refractivity contribution in [2.75, 3.05) is 5.32 Å². The van der Waals surface area contributed by atoms with E-state index in [1.165, 1.54) is 28.6 Å². The number of benzene rings is 2. The highest BCUT2D eigenvalue weighted by Crippen LogP contribution is 2.38. The first-order chi connectivity index (χ1) is 13.8. The number of aromatic nitrogens is 2. The molecule has 8 heteroatoms. The summed E-state index contributed by atoms with van der Waals surface area (Å²) in [5.74, 6) is -0.701. The number of carbonyl (C=O) groups excluding carboxylic acids is 1. The minimum atomic E-state index is -4.59. The van der Waals surface area contributed by atoms with Gasteiger partial charge in [0, 0.05) is 16.3 Å². The van der Waals surface area contributed by atoms with Crippen LogP contribution in [0.1, 0.15) is 36.3 Å². The minimum Gasteiger partial charge on any atom is -0.320 e. The van der Waals surface area contributed by atoms with Gasteiger partial charge in [0.05, 0.1) is 16.9 Å². The van der Waals surface area contributed by atoms with Crippen LogP contribution in [-0.4, -0.2) is 20.9 Å². The van der Waals surface area contributed by atoms with Crippen molar-refractivity contribution >= 4 is 23.4 Å². The van der Waals surface area contributed by atoms with Crippen LogP contribution in [-0.2, 0) is 6.18 Å². The van der Waals surface area contributed by atoms with E-state index in [-0.39, 0.29) is 16.6 Å². The SMILES string of the molecule is CC[C@@H](C)Sc1ccc(NC(=O)c2ccn(-c3ccccc3)n2)c(C(F)(F)F)c1. The topological polar surface area (TPSA) is 46.9 Å². The standard InChI is InChI=1S/C21H20F3N3OS/c1-3-14(2)29-16-9-10-18(17(13-16)21(22,23)24)25-20(28)19-11-12-27(26-19)15-7-5-4-6-8-15/h4-14H,3H2,1-2H3,(H,25,28)/t14-/m1/s1. The zero-order valence-corrected chi connectivity index (χ0v) is 16.7. The first-order valence-corrected chi connectivity index (χ1v) is 9.96. The number of nitrogens with zero attached hydrogens (tertiary/aromatic N) is 2. The lowest BCUT2D eigenvalue weighted by atomic mass is 10.1. The number of anilines is 1. The highest BCUT2D eigenvalue weighted by Gasteiger charge is 2.34. The molecule has 0 fully saturated rings. The molecule has 0 spiro atoms. The Morgan fingerprint density at radius 3 is 2.55 bits per heavy atom. The highest BCUT2D eigenvalue weighted by atomic mass is 32.2. The summed E-state index contributed by atoms with van der Waals surface area (Å²) in [5, 5.41) is 6.70. The largest absolute Gasteiger partial charge is 0.418 e. The molecule has 0 aliphatic heterocycles. The molecular weight excluding hydrogens is 399 g/mol. The monoisotopic (exact) mass is 419 g/mol. The molecule has 0 bridgehead atoms. The maximum atomic E-state index is 13.5. The van der Waals surface area contributed by atoms with E-state index in [1.807, 2.05) is 44.2 Å². The Hall–Kier alpha value is -2.74. The van der Waals surface area contributed by atoms with Crippen molar-refractivity contribution < 1.29 is 18.0 Å². The van der Waals surface area contributed by atoms with E-state index in [1.54, 1.807) is 12.3 Å². The van der Waals surface area contributed by atoms with Gasteiger partial charge in [-0.15, -0.1) is 11.8 Å². The van der Waals surface area contributed by atoms with Gasteiger partial charge in [0.2, 0.25) is 0 Å². The maximum Gasteiger partial charge on any atom is 0.418 e. The number of hydrogen-bond donors (Lipinski definition) is 1. The van der Waals surface area contributed by atoms with E-state index in [4.69, 9.17) is 0 Å². The number of carbonyl (C=O) groups is 1. The lowest BCUT2D eigenvalue weighted by molar-refractivity contribution is -0.137. The highest BCUT2D eigenvalue weighted by molar-refractivity contribution is 7.99. The zero-order chi connectivity index (χ0) is 21.0. The van der Waals surface area contributed by atoms with E-state index in [2.05, 4.69) is 10.4 Å². The van der Waals surface area contributed by atoms with Crippen LogP contribution in [0.15, 0.2) is 65.7 Å². The van der Waals surface area contributed by atoms with Crippen LogP contribution >= 0.6 is 11.8 Å². The lowest BCUT2D eigenvalue weighted by Gasteiger charge is -2.16. The summed E-state index contributed by atoms with van der Waals surface area (Å²) in [7, 11) is 0. The number of amides is 1. The zero-order valence-electron chi connectivity index (χ0n) is 15.9. The van der Waals surface area contributed by atoms with Crippen LogP contribution in [0, 0.1) is 0 Å². The molecule has 1 atom stereocenters. The average molecular weight is 419 g/mol. The number of rotatable bonds is 6. The van der Waals surface area contributed by atoms with Crippen LogP contribution in [0.25, 0.3) is 5.69 Å². The van der Waals surface area contributed by atoms with Crippen molar-refractivity contribution in [1.29, 1.82) is 0 Å². The molecule has 152 valence electrons. The van der Waals surface area contributed by atoms with Gasteiger partial charge in [0.15, 0.2) is 5.69 Å². The smallest absolute Gasteiger partial charge is 0.320 e. The summed E-state index contributed by atoms with van der Waals surface area (Å²) < 4.78 is 42.1. The van der Waals surface area contributed by atoms with E-state index in [0.29, 0.717) is 4.90 Å². The molecule has 1 heterocycles. The Morgan fingerprint density at radius 2 is 1.90 bits per heavy atom. The quantitative estimate of drug-likeness (QED) is 0.496. The first kappa shape index (κ1) is 21.0. The van der Waals surface area contributed by atoms with Crippen LogP contribution in [0.3, 0.4) is 0 Å². The van der Waals surface area contributed by atoms with Gasteiger partial charge in [-0.05, 0) is 42.8 Å². The van der Waals surface area contributed by atoms with E-state index in [0.717, 1.165) is 18.2 Å². The fourth-order valence-corrected chi connectivity index (χ4v) is 3.58. The van der Waals surface area contributed by atoms with Crippen molar-refractivity contribution in [1.82, 2.24) is 9.78 Å². The number of nitrogens with one attached hydrogen (secondary N) is 1. The molecule has 0 aliphatic rings. The Balaban J connectivity index is 1.83. The molecule has 0 saturated carbocycles. The molecule has 0 saturated heterocycles.